The highest BCUT2D eigenvalue weighted by Crippen LogP contribution is 2.23. The zero-order valence-electron chi connectivity index (χ0n) is 10.9. The third kappa shape index (κ3) is 3.46. The molecule has 1 aliphatic heterocycles. The minimum atomic E-state index is -0.0341. The van der Waals surface area contributed by atoms with E-state index in [-0.39, 0.29) is 5.91 Å². The SMILES string of the molecule is N#CCCNC(=O)CN1CCc2cccc(N)c2C1. The van der Waals surface area contributed by atoms with Crippen LogP contribution in [-0.4, -0.2) is 30.4 Å². The summed E-state index contributed by atoms with van der Waals surface area (Å²) < 4.78 is 0. The number of nitriles is 1. The molecule has 0 radical (unpaired) electrons. The van der Waals surface area contributed by atoms with Gasteiger partial charge in [0.2, 0.25) is 5.91 Å². The average Bonchev–Trinajstić information content (AvgIpc) is 2.40. The Morgan fingerprint density at radius 2 is 2.37 bits per heavy atom. The van der Waals surface area contributed by atoms with Crippen molar-refractivity contribution in [2.45, 2.75) is 19.4 Å². The predicted molar refractivity (Wildman–Crippen MR) is 73.1 cm³/mol. The second kappa shape index (κ2) is 6.21. The van der Waals surface area contributed by atoms with Crippen LogP contribution < -0.4 is 11.1 Å². The van der Waals surface area contributed by atoms with Crippen molar-refractivity contribution >= 4 is 11.6 Å². The zero-order valence-corrected chi connectivity index (χ0v) is 10.9. The minimum absolute atomic E-state index is 0.0341. The van der Waals surface area contributed by atoms with E-state index in [0.29, 0.717) is 26.1 Å². The van der Waals surface area contributed by atoms with Gasteiger partial charge >= 0.3 is 0 Å². The Labute approximate surface area is 113 Å². The molecular formula is C14H18N4O. The average molecular weight is 258 g/mol. The number of fused-ring (bicyclic) bond motifs is 1. The molecule has 1 heterocycles. The predicted octanol–water partition coefficient (Wildman–Crippen LogP) is 0.657. The standard InChI is InChI=1S/C14H18N4O/c15-6-2-7-17-14(19)10-18-8-5-11-3-1-4-13(16)12(11)9-18/h1,3-4H,2,5,7-10,16H2,(H,17,19). The summed E-state index contributed by atoms with van der Waals surface area (Å²) in [7, 11) is 0. The van der Waals surface area contributed by atoms with Crippen molar-refractivity contribution in [2.75, 3.05) is 25.4 Å². The fourth-order valence-electron chi connectivity index (χ4n) is 2.31. The monoisotopic (exact) mass is 258 g/mol. The number of anilines is 1. The second-order valence-corrected chi connectivity index (χ2v) is 4.70. The van der Waals surface area contributed by atoms with Crippen LogP contribution in [0.2, 0.25) is 0 Å². The first kappa shape index (κ1) is 13.4. The molecule has 0 fully saturated rings. The first-order valence-electron chi connectivity index (χ1n) is 6.43. The van der Waals surface area contributed by atoms with Crippen LogP contribution in [-0.2, 0) is 17.8 Å². The number of nitrogens with zero attached hydrogens (tertiary/aromatic N) is 2. The number of nitrogen functional groups attached to an aromatic ring is 1. The van der Waals surface area contributed by atoms with Gasteiger partial charge in [0.05, 0.1) is 19.0 Å². The molecule has 19 heavy (non-hydrogen) atoms. The second-order valence-electron chi connectivity index (χ2n) is 4.70. The van der Waals surface area contributed by atoms with Gasteiger partial charge in [0.1, 0.15) is 0 Å². The Hall–Kier alpha value is -2.06. The molecule has 0 saturated heterocycles. The maximum atomic E-state index is 11.7. The Morgan fingerprint density at radius 3 is 3.16 bits per heavy atom. The Balaban J connectivity index is 1.90. The summed E-state index contributed by atoms with van der Waals surface area (Å²) in [5.41, 5.74) is 9.18. The van der Waals surface area contributed by atoms with Gasteiger partial charge in [-0.25, -0.2) is 0 Å². The van der Waals surface area contributed by atoms with Crippen molar-refractivity contribution in [3.05, 3.63) is 29.3 Å². The molecule has 3 N–H and O–H groups in total. The zero-order chi connectivity index (χ0) is 13.7. The lowest BCUT2D eigenvalue weighted by atomic mass is 9.98. The Morgan fingerprint density at radius 1 is 1.53 bits per heavy atom. The molecule has 0 spiro atoms. The van der Waals surface area contributed by atoms with Gasteiger partial charge in [-0.3, -0.25) is 9.69 Å². The van der Waals surface area contributed by atoms with E-state index in [1.807, 2.05) is 18.2 Å². The number of carbonyl (C=O) groups excluding carboxylic acids is 1. The molecule has 1 aromatic carbocycles. The highest BCUT2D eigenvalue weighted by Gasteiger charge is 2.19. The van der Waals surface area contributed by atoms with Crippen molar-refractivity contribution in [1.82, 2.24) is 10.2 Å². The van der Waals surface area contributed by atoms with Crippen LogP contribution >= 0.6 is 0 Å². The Kier molecular flexibility index (Phi) is 4.37. The summed E-state index contributed by atoms with van der Waals surface area (Å²) in [6.07, 6.45) is 1.27. The van der Waals surface area contributed by atoms with Crippen LogP contribution in [0.15, 0.2) is 18.2 Å². The van der Waals surface area contributed by atoms with Gasteiger partial charge in [0, 0.05) is 25.3 Å². The van der Waals surface area contributed by atoms with E-state index in [1.165, 1.54) is 5.56 Å². The summed E-state index contributed by atoms with van der Waals surface area (Å²) in [5.74, 6) is -0.0341. The van der Waals surface area contributed by atoms with Crippen molar-refractivity contribution in [1.29, 1.82) is 5.26 Å². The molecule has 1 aliphatic rings. The summed E-state index contributed by atoms with van der Waals surface area (Å²) in [6.45, 7) is 2.36. The topological polar surface area (TPSA) is 82.2 Å². The number of benzene rings is 1. The molecular weight excluding hydrogens is 240 g/mol. The Bertz CT molecular complexity index is 507. The summed E-state index contributed by atoms with van der Waals surface area (Å²) in [4.78, 5) is 13.8. The number of carbonyl (C=O) groups is 1. The fourth-order valence-corrected chi connectivity index (χ4v) is 2.31. The molecule has 2 rings (SSSR count). The number of nitrogens with two attached hydrogens (primary N) is 1. The highest BCUT2D eigenvalue weighted by molar-refractivity contribution is 5.78. The first-order chi connectivity index (χ1) is 9.20. The van der Waals surface area contributed by atoms with Gasteiger partial charge in [-0.2, -0.15) is 5.26 Å². The van der Waals surface area contributed by atoms with Crippen LogP contribution in [0.3, 0.4) is 0 Å². The number of nitrogens with one attached hydrogen (secondary N) is 1. The lowest BCUT2D eigenvalue weighted by molar-refractivity contribution is -0.122. The molecule has 5 heteroatoms. The summed E-state index contributed by atoms with van der Waals surface area (Å²) >= 11 is 0. The number of hydrogen-bond donors (Lipinski definition) is 2. The third-order valence-electron chi connectivity index (χ3n) is 3.31. The van der Waals surface area contributed by atoms with E-state index >= 15 is 0 Å². The smallest absolute Gasteiger partial charge is 0.234 e. The van der Waals surface area contributed by atoms with E-state index in [1.54, 1.807) is 0 Å². The molecule has 0 saturated carbocycles. The lowest BCUT2D eigenvalue weighted by Gasteiger charge is -2.29. The molecule has 1 amide bonds. The van der Waals surface area contributed by atoms with E-state index in [2.05, 4.69) is 16.3 Å². The number of amides is 1. The molecule has 0 aromatic heterocycles. The molecule has 5 nitrogen and oxygen atoms in total. The van der Waals surface area contributed by atoms with Crippen LogP contribution in [0, 0.1) is 11.3 Å². The summed E-state index contributed by atoms with van der Waals surface area (Å²) in [6, 6.07) is 7.96. The normalized spacial score (nSPS) is 14.5. The fraction of sp³-hybridized carbons (Fsp3) is 0.429. The molecule has 0 aliphatic carbocycles. The minimum Gasteiger partial charge on any atom is -0.398 e. The van der Waals surface area contributed by atoms with Crippen molar-refractivity contribution in [2.24, 2.45) is 0 Å². The highest BCUT2D eigenvalue weighted by atomic mass is 16.2. The lowest BCUT2D eigenvalue weighted by Crippen LogP contribution is -2.40. The van der Waals surface area contributed by atoms with Crippen LogP contribution in [0.4, 0.5) is 5.69 Å². The van der Waals surface area contributed by atoms with Crippen LogP contribution in [0.5, 0.6) is 0 Å². The maximum absolute atomic E-state index is 11.7. The maximum Gasteiger partial charge on any atom is 0.234 e. The third-order valence-corrected chi connectivity index (χ3v) is 3.31. The molecule has 1 aromatic rings. The van der Waals surface area contributed by atoms with Crippen LogP contribution in [0.1, 0.15) is 17.5 Å². The largest absolute Gasteiger partial charge is 0.398 e. The van der Waals surface area contributed by atoms with E-state index in [0.717, 1.165) is 24.2 Å². The van der Waals surface area contributed by atoms with Gasteiger partial charge in [0.15, 0.2) is 0 Å². The van der Waals surface area contributed by atoms with E-state index < -0.39 is 0 Å². The van der Waals surface area contributed by atoms with Crippen LogP contribution in [0.25, 0.3) is 0 Å². The van der Waals surface area contributed by atoms with Crippen molar-refractivity contribution < 1.29 is 4.79 Å². The van der Waals surface area contributed by atoms with Gasteiger partial charge in [-0.05, 0) is 23.6 Å². The van der Waals surface area contributed by atoms with Crippen molar-refractivity contribution in [3.8, 4) is 6.07 Å². The molecule has 0 bridgehead atoms. The number of rotatable bonds is 4. The summed E-state index contributed by atoms with van der Waals surface area (Å²) in [5, 5.41) is 11.1. The molecule has 0 atom stereocenters. The molecule has 100 valence electrons. The van der Waals surface area contributed by atoms with Gasteiger partial charge < -0.3 is 11.1 Å². The number of hydrogen-bond acceptors (Lipinski definition) is 4. The van der Waals surface area contributed by atoms with Crippen molar-refractivity contribution in [3.63, 3.8) is 0 Å². The van der Waals surface area contributed by atoms with Gasteiger partial charge in [-0.15, -0.1) is 0 Å². The molecule has 0 unspecified atom stereocenters. The first-order valence-corrected chi connectivity index (χ1v) is 6.43. The van der Waals surface area contributed by atoms with Gasteiger partial charge in [0.25, 0.3) is 0 Å². The van der Waals surface area contributed by atoms with Gasteiger partial charge in [-0.1, -0.05) is 12.1 Å². The van der Waals surface area contributed by atoms with E-state index in [4.69, 9.17) is 11.0 Å². The quantitative estimate of drug-likeness (QED) is 0.614. The van der Waals surface area contributed by atoms with E-state index in [9.17, 15) is 4.79 Å².